The van der Waals surface area contributed by atoms with Crippen molar-refractivity contribution in [1.29, 1.82) is 0 Å². The van der Waals surface area contributed by atoms with Crippen molar-refractivity contribution < 1.29 is 19.4 Å². The lowest BCUT2D eigenvalue weighted by molar-refractivity contribution is -0.134. The van der Waals surface area contributed by atoms with Crippen molar-refractivity contribution in [3.05, 3.63) is 29.8 Å². The summed E-state index contributed by atoms with van der Waals surface area (Å²) in [5, 5.41) is 10.3. The number of hydrogen-bond acceptors (Lipinski definition) is 5. The highest BCUT2D eigenvalue weighted by atomic mass is 16.5. The fraction of sp³-hybridized carbons (Fsp3) is 0.571. The summed E-state index contributed by atoms with van der Waals surface area (Å²) in [6, 6.07) is 5.74. The molecule has 6 heteroatoms. The molecule has 0 unspecified atom stereocenters. The third kappa shape index (κ3) is 5.47. The Bertz CT molecular complexity index is 664. The van der Waals surface area contributed by atoms with Crippen LogP contribution in [0, 0.1) is 5.92 Å². The molecule has 1 aromatic carbocycles. The highest BCUT2D eigenvalue weighted by Gasteiger charge is 2.34. The Morgan fingerprint density at radius 1 is 1.26 bits per heavy atom. The number of benzene rings is 1. The molecule has 3 rings (SSSR count). The van der Waals surface area contributed by atoms with Gasteiger partial charge in [0.2, 0.25) is 5.91 Å². The molecule has 1 saturated heterocycles. The molecule has 1 saturated carbocycles. The topological polar surface area (TPSA) is 62.2 Å². The lowest BCUT2D eigenvalue weighted by Gasteiger charge is -2.35. The number of methoxy groups -OCH3 is 1. The number of piperazine rings is 1. The van der Waals surface area contributed by atoms with Crippen LogP contribution < -0.4 is 9.47 Å². The normalized spacial score (nSPS) is 19.3. The van der Waals surface area contributed by atoms with E-state index in [0.29, 0.717) is 24.0 Å². The van der Waals surface area contributed by atoms with Gasteiger partial charge in [-0.3, -0.25) is 9.69 Å². The molecule has 1 aliphatic heterocycles. The molecule has 1 aliphatic carbocycles. The van der Waals surface area contributed by atoms with Crippen molar-refractivity contribution >= 4 is 12.0 Å². The van der Waals surface area contributed by atoms with Gasteiger partial charge in [0.05, 0.1) is 7.11 Å². The van der Waals surface area contributed by atoms with Crippen LogP contribution in [0.4, 0.5) is 0 Å². The smallest absolute Gasteiger partial charge is 0.225 e. The van der Waals surface area contributed by atoms with E-state index in [4.69, 9.17) is 9.47 Å². The summed E-state index contributed by atoms with van der Waals surface area (Å²) in [6.45, 7) is 5.83. The van der Waals surface area contributed by atoms with Gasteiger partial charge < -0.3 is 19.5 Å². The van der Waals surface area contributed by atoms with E-state index in [-0.39, 0.29) is 12.5 Å². The first-order valence-electron chi connectivity index (χ1n) is 9.73. The predicted molar refractivity (Wildman–Crippen MR) is 105 cm³/mol. The summed E-state index contributed by atoms with van der Waals surface area (Å²) in [6.07, 6.45) is 5.48. The number of allylic oxidation sites excluding steroid dienone is 1. The minimum absolute atomic E-state index is 0.209. The summed E-state index contributed by atoms with van der Waals surface area (Å²) in [5.41, 5.74) is 1.04. The van der Waals surface area contributed by atoms with Gasteiger partial charge in [0, 0.05) is 38.6 Å². The summed E-state index contributed by atoms with van der Waals surface area (Å²) in [5.74, 6) is 1.88. The van der Waals surface area contributed by atoms with E-state index >= 15 is 0 Å². The third-order valence-electron chi connectivity index (χ3n) is 5.06. The van der Waals surface area contributed by atoms with Gasteiger partial charge in [-0.05, 0) is 37.5 Å². The van der Waals surface area contributed by atoms with E-state index in [0.717, 1.165) is 44.6 Å². The van der Waals surface area contributed by atoms with Crippen LogP contribution in [-0.4, -0.2) is 73.4 Å². The van der Waals surface area contributed by atoms with E-state index in [1.807, 2.05) is 42.2 Å². The number of aliphatic hydroxyl groups excluding tert-OH is 1. The van der Waals surface area contributed by atoms with Gasteiger partial charge in [0.25, 0.3) is 0 Å². The third-order valence-corrected chi connectivity index (χ3v) is 5.06. The number of aliphatic hydroxyl groups is 1. The Kier molecular flexibility index (Phi) is 6.74. The molecule has 0 aromatic heterocycles. The first-order valence-corrected chi connectivity index (χ1v) is 9.73. The maximum absolute atomic E-state index is 12.1. The summed E-state index contributed by atoms with van der Waals surface area (Å²) >= 11 is 0. The molecule has 1 N–H and O–H groups in total. The van der Waals surface area contributed by atoms with Crippen LogP contribution in [0.5, 0.6) is 11.5 Å². The van der Waals surface area contributed by atoms with Crippen molar-refractivity contribution in [3.63, 3.8) is 0 Å². The zero-order chi connectivity index (χ0) is 19.2. The fourth-order valence-electron chi connectivity index (χ4n) is 3.38. The van der Waals surface area contributed by atoms with Crippen LogP contribution in [0.2, 0.25) is 0 Å². The summed E-state index contributed by atoms with van der Waals surface area (Å²) < 4.78 is 11.2. The SMILES string of the molecule is C/C=C/c1ccc(OC[C@@H](O)CN2CCN(C(=O)C3CC3)CC2)c(OC)c1. The number of carbonyl (C=O) groups excluding carboxylic acids is 1. The van der Waals surface area contributed by atoms with E-state index in [1.165, 1.54) is 0 Å². The fourth-order valence-corrected chi connectivity index (χ4v) is 3.38. The van der Waals surface area contributed by atoms with Crippen molar-refractivity contribution in [3.8, 4) is 11.5 Å². The highest BCUT2D eigenvalue weighted by Crippen LogP contribution is 2.31. The van der Waals surface area contributed by atoms with E-state index in [2.05, 4.69) is 4.90 Å². The maximum Gasteiger partial charge on any atom is 0.225 e. The van der Waals surface area contributed by atoms with Crippen LogP contribution in [0.15, 0.2) is 24.3 Å². The lowest BCUT2D eigenvalue weighted by atomic mass is 10.2. The Labute approximate surface area is 161 Å². The number of β-amino-alcohol motifs (C(OH)–C–C–N with tert-alkyl or cyclic N) is 1. The van der Waals surface area contributed by atoms with Crippen LogP contribution in [0.1, 0.15) is 25.3 Å². The number of amides is 1. The van der Waals surface area contributed by atoms with Crippen molar-refractivity contribution in [1.82, 2.24) is 9.80 Å². The Morgan fingerprint density at radius 2 is 2.00 bits per heavy atom. The van der Waals surface area contributed by atoms with Gasteiger partial charge in [-0.25, -0.2) is 0 Å². The van der Waals surface area contributed by atoms with Crippen LogP contribution >= 0.6 is 0 Å². The number of nitrogens with zero attached hydrogens (tertiary/aromatic N) is 2. The second kappa shape index (κ2) is 9.24. The molecule has 2 fully saturated rings. The molecule has 1 heterocycles. The second-order valence-electron chi connectivity index (χ2n) is 7.28. The molecule has 0 spiro atoms. The average molecular weight is 374 g/mol. The monoisotopic (exact) mass is 374 g/mol. The van der Waals surface area contributed by atoms with Gasteiger partial charge in [-0.1, -0.05) is 18.2 Å². The van der Waals surface area contributed by atoms with Gasteiger partial charge in [0.15, 0.2) is 11.5 Å². The summed E-state index contributed by atoms with van der Waals surface area (Å²) in [4.78, 5) is 16.3. The van der Waals surface area contributed by atoms with Crippen LogP contribution in [0.25, 0.3) is 6.08 Å². The first-order chi connectivity index (χ1) is 13.1. The molecule has 0 bridgehead atoms. The summed E-state index contributed by atoms with van der Waals surface area (Å²) in [7, 11) is 1.61. The largest absolute Gasteiger partial charge is 0.493 e. The molecule has 1 atom stereocenters. The molecular formula is C21H30N2O4. The van der Waals surface area contributed by atoms with E-state index < -0.39 is 6.10 Å². The Morgan fingerprint density at radius 3 is 2.63 bits per heavy atom. The zero-order valence-corrected chi connectivity index (χ0v) is 16.3. The molecular weight excluding hydrogens is 344 g/mol. The molecule has 1 amide bonds. The number of carbonyl (C=O) groups is 1. The minimum Gasteiger partial charge on any atom is -0.493 e. The number of rotatable bonds is 8. The van der Waals surface area contributed by atoms with Crippen molar-refractivity contribution in [2.45, 2.75) is 25.9 Å². The maximum atomic E-state index is 12.1. The van der Waals surface area contributed by atoms with Gasteiger partial charge >= 0.3 is 0 Å². The van der Waals surface area contributed by atoms with Gasteiger partial charge in [-0.2, -0.15) is 0 Å². The van der Waals surface area contributed by atoms with Gasteiger partial charge in [0.1, 0.15) is 12.7 Å². The lowest BCUT2D eigenvalue weighted by Crippen LogP contribution is -2.51. The number of hydrogen-bond donors (Lipinski definition) is 1. The Hall–Kier alpha value is -2.05. The predicted octanol–water partition coefficient (Wildman–Crippen LogP) is 2.02. The molecule has 0 radical (unpaired) electrons. The van der Waals surface area contributed by atoms with Gasteiger partial charge in [-0.15, -0.1) is 0 Å². The van der Waals surface area contributed by atoms with Crippen molar-refractivity contribution in [2.75, 3.05) is 46.4 Å². The molecule has 1 aromatic rings. The molecule has 148 valence electrons. The van der Waals surface area contributed by atoms with E-state index in [1.54, 1.807) is 7.11 Å². The molecule has 27 heavy (non-hydrogen) atoms. The average Bonchev–Trinajstić information content (AvgIpc) is 3.52. The first kappa shape index (κ1) is 19.7. The zero-order valence-electron chi connectivity index (χ0n) is 16.3. The van der Waals surface area contributed by atoms with E-state index in [9.17, 15) is 9.90 Å². The minimum atomic E-state index is -0.587. The Balaban J connectivity index is 1.43. The molecule has 6 nitrogen and oxygen atoms in total. The molecule has 2 aliphatic rings. The van der Waals surface area contributed by atoms with Crippen LogP contribution in [0.3, 0.4) is 0 Å². The standard InChI is InChI=1S/C21H30N2O4/c1-3-4-16-5-8-19(20(13-16)26-2)27-15-18(24)14-22-9-11-23(12-10-22)21(25)17-6-7-17/h3-5,8,13,17-18,24H,6-7,9-12,14-15H2,1-2H3/b4-3+/t18-/m0/s1. The quantitative estimate of drug-likeness (QED) is 0.754. The number of ether oxygens (including phenoxy) is 2. The van der Waals surface area contributed by atoms with Crippen LogP contribution in [-0.2, 0) is 4.79 Å². The highest BCUT2D eigenvalue weighted by molar-refractivity contribution is 5.81. The van der Waals surface area contributed by atoms with Crippen molar-refractivity contribution in [2.24, 2.45) is 5.92 Å². The second-order valence-corrected chi connectivity index (χ2v) is 7.28.